The number of hydrogen-bond acceptors (Lipinski definition) is 3. The second-order valence-electron chi connectivity index (χ2n) is 6.44. The van der Waals surface area contributed by atoms with Crippen molar-refractivity contribution in [1.82, 2.24) is 14.7 Å². The van der Waals surface area contributed by atoms with Gasteiger partial charge in [-0.25, -0.2) is 0 Å². The molecule has 0 unspecified atom stereocenters. The molecule has 0 radical (unpaired) electrons. The molecule has 1 amide bonds. The Kier molecular flexibility index (Phi) is 5.51. The Balaban J connectivity index is 1.48. The number of hydrogen-bond donors (Lipinski definition) is 0. The number of ether oxygens (including phenoxy) is 1. The number of aromatic nitrogens is 2. The summed E-state index contributed by atoms with van der Waals surface area (Å²) < 4.78 is 7.44. The minimum Gasteiger partial charge on any atom is -0.480 e. The smallest absolute Gasteiger partial charge is 0.260 e. The van der Waals surface area contributed by atoms with E-state index in [0.717, 1.165) is 12.8 Å². The first-order chi connectivity index (χ1) is 11.7. The highest BCUT2D eigenvalue weighted by Gasteiger charge is 2.22. The average Bonchev–Trinajstić information content (AvgIpc) is 3.08. The maximum atomic E-state index is 12.3. The Bertz CT molecular complexity index is 648. The highest BCUT2D eigenvalue weighted by molar-refractivity contribution is 5.77. The summed E-state index contributed by atoms with van der Waals surface area (Å²) in [5, 5.41) is 4.29. The lowest BCUT2D eigenvalue weighted by molar-refractivity contribution is -0.134. The van der Waals surface area contributed by atoms with Crippen molar-refractivity contribution in [2.24, 2.45) is 0 Å². The molecule has 2 aromatic rings. The second kappa shape index (κ2) is 7.99. The van der Waals surface area contributed by atoms with Gasteiger partial charge in [0.1, 0.15) is 0 Å². The van der Waals surface area contributed by atoms with Crippen LogP contribution in [-0.4, -0.2) is 40.3 Å². The van der Waals surface area contributed by atoms with Crippen LogP contribution >= 0.6 is 0 Å². The van der Waals surface area contributed by atoms with Crippen LogP contribution in [0.5, 0.6) is 5.75 Å². The summed E-state index contributed by atoms with van der Waals surface area (Å²) in [6.07, 6.45) is 9.44. The Morgan fingerprint density at radius 3 is 2.75 bits per heavy atom. The number of benzene rings is 1. The van der Waals surface area contributed by atoms with Gasteiger partial charge >= 0.3 is 0 Å². The van der Waals surface area contributed by atoms with Crippen molar-refractivity contribution in [1.29, 1.82) is 0 Å². The van der Waals surface area contributed by atoms with Crippen molar-refractivity contribution >= 4 is 5.91 Å². The maximum absolute atomic E-state index is 12.3. The molecule has 1 aliphatic carbocycles. The molecule has 1 fully saturated rings. The number of amides is 1. The molecular formula is C19H25N3O2. The first-order valence-electron chi connectivity index (χ1n) is 8.67. The highest BCUT2D eigenvalue weighted by Crippen LogP contribution is 2.21. The molecule has 128 valence electrons. The summed E-state index contributed by atoms with van der Waals surface area (Å²) in [6, 6.07) is 10.5. The minimum absolute atomic E-state index is 0.0395. The van der Waals surface area contributed by atoms with Crippen molar-refractivity contribution in [3.05, 3.63) is 48.3 Å². The van der Waals surface area contributed by atoms with Crippen LogP contribution < -0.4 is 4.74 Å². The Hall–Kier alpha value is -2.30. The van der Waals surface area contributed by atoms with E-state index in [9.17, 15) is 4.79 Å². The van der Waals surface area contributed by atoms with Crippen LogP contribution in [0.25, 0.3) is 0 Å². The van der Waals surface area contributed by atoms with Gasteiger partial charge in [0.05, 0.1) is 18.9 Å². The van der Waals surface area contributed by atoms with Gasteiger partial charge in [-0.05, 0) is 18.4 Å². The fraction of sp³-hybridized carbons (Fsp3) is 0.474. The number of rotatable bonds is 6. The van der Waals surface area contributed by atoms with Crippen LogP contribution in [0.2, 0.25) is 0 Å². The summed E-state index contributed by atoms with van der Waals surface area (Å²) in [4.78, 5) is 14.1. The molecule has 0 saturated heterocycles. The molecule has 0 bridgehead atoms. The second-order valence-corrected chi connectivity index (χ2v) is 6.44. The Labute approximate surface area is 143 Å². The molecule has 0 N–H and O–H groups in total. The van der Waals surface area contributed by atoms with Crippen molar-refractivity contribution < 1.29 is 9.53 Å². The molecule has 5 heteroatoms. The average molecular weight is 327 g/mol. The Morgan fingerprint density at radius 1 is 1.25 bits per heavy atom. The van der Waals surface area contributed by atoms with Gasteiger partial charge in [-0.1, -0.05) is 49.6 Å². The summed E-state index contributed by atoms with van der Waals surface area (Å²) in [5.41, 5.74) is 1.18. The molecule has 0 aliphatic heterocycles. The lowest BCUT2D eigenvalue weighted by Crippen LogP contribution is -2.40. The summed E-state index contributed by atoms with van der Waals surface area (Å²) in [6.45, 7) is 0.768. The SMILES string of the molecule is CN(C(=O)COc1cnn(Cc2ccccc2)c1)C1CCCCC1. The van der Waals surface area contributed by atoms with E-state index in [0.29, 0.717) is 18.3 Å². The fourth-order valence-corrected chi connectivity index (χ4v) is 3.19. The molecule has 0 atom stereocenters. The molecule has 1 heterocycles. The molecule has 3 rings (SSSR count). The van der Waals surface area contributed by atoms with Crippen molar-refractivity contribution in [2.75, 3.05) is 13.7 Å². The predicted molar refractivity (Wildman–Crippen MR) is 92.9 cm³/mol. The predicted octanol–water partition coefficient (Wildman–Crippen LogP) is 3.10. The van der Waals surface area contributed by atoms with E-state index in [1.807, 2.05) is 41.0 Å². The van der Waals surface area contributed by atoms with Crippen molar-refractivity contribution in [3.8, 4) is 5.75 Å². The van der Waals surface area contributed by atoms with Gasteiger partial charge in [-0.3, -0.25) is 9.48 Å². The van der Waals surface area contributed by atoms with Gasteiger partial charge in [-0.15, -0.1) is 0 Å². The minimum atomic E-state index is 0.0395. The maximum Gasteiger partial charge on any atom is 0.260 e. The van der Waals surface area contributed by atoms with Crippen LogP contribution in [0, 0.1) is 0 Å². The first kappa shape index (κ1) is 16.6. The third-order valence-corrected chi connectivity index (χ3v) is 4.68. The molecule has 0 spiro atoms. The van der Waals surface area contributed by atoms with Crippen LogP contribution in [-0.2, 0) is 11.3 Å². The van der Waals surface area contributed by atoms with E-state index in [4.69, 9.17) is 4.74 Å². The largest absolute Gasteiger partial charge is 0.480 e. The molecule has 5 nitrogen and oxygen atoms in total. The first-order valence-corrected chi connectivity index (χ1v) is 8.67. The Morgan fingerprint density at radius 2 is 2.00 bits per heavy atom. The zero-order valence-corrected chi connectivity index (χ0v) is 14.2. The van der Waals surface area contributed by atoms with Gasteiger partial charge in [0, 0.05) is 13.1 Å². The van der Waals surface area contributed by atoms with Gasteiger partial charge in [0.15, 0.2) is 12.4 Å². The van der Waals surface area contributed by atoms with Crippen LogP contribution in [0.1, 0.15) is 37.7 Å². The van der Waals surface area contributed by atoms with Gasteiger partial charge in [0.2, 0.25) is 0 Å². The number of likely N-dealkylation sites (N-methyl/N-ethyl adjacent to an activating group) is 1. The summed E-state index contributed by atoms with van der Waals surface area (Å²) in [5.74, 6) is 0.675. The van der Waals surface area contributed by atoms with Crippen molar-refractivity contribution in [3.63, 3.8) is 0 Å². The van der Waals surface area contributed by atoms with Crippen molar-refractivity contribution in [2.45, 2.75) is 44.7 Å². The molecule has 1 aromatic heterocycles. The van der Waals surface area contributed by atoms with E-state index in [1.165, 1.54) is 24.8 Å². The van der Waals surface area contributed by atoms with E-state index < -0.39 is 0 Å². The number of carbonyl (C=O) groups excluding carboxylic acids is 1. The zero-order valence-electron chi connectivity index (χ0n) is 14.2. The van der Waals surface area contributed by atoms with Crippen LogP contribution in [0.4, 0.5) is 0 Å². The number of carbonyl (C=O) groups is 1. The third-order valence-electron chi connectivity index (χ3n) is 4.68. The summed E-state index contributed by atoms with van der Waals surface area (Å²) in [7, 11) is 1.89. The van der Waals surface area contributed by atoms with Gasteiger partial charge < -0.3 is 9.64 Å². The third kappa shape index (κ3) is 4.37. The normalized spacial score (nSPS) is 15.2. The van der Waals surface area contributed by atoms with E-state index >= 15 is 0 Å². The molecular weight excluding hydrogens is 302 g/mol. The highest BCUT2D eigenvalue weighted by atomic mass is 16.5. The van der Waals surface area contributed by atoms with Crippen LogP contribution in [0.3, 0.4) is 0 Å². The monoisotopic (exact) mass is 327 g/mol. The number of nitrogens with zero attached hydrogens (tertiary/aromatic N) is 3. The van der Waals surface area contributed by atoms with E-state index in [-0.39, 0.29) is 12.5 Å². The fourth-order valence-electron chi connectivity index (χ4n) is 3.19. The van der Waals surface area contributed by atoms with Crippen LogP contribution in [0.15, 0.2) is 42.7 Å². The molecule has 1 aromatic carbocycles. The van der Waals surface area contributed by atoms with Gasteiger partial charge in [0.25, 0.3) is 5.91 Å². The lowest BCUT2D eigenvalue weighted by Gasteiger charge is -2.31. The quantitative estimate of drug-likeness (QED) is 0.819. The van der Waals surface area contributed by atoms with E-state index in [2.05, 4.69) is 17.2 Å². The molecule has 1 aliphatic rings. The topological polar surface area (TPSA) is 47.4 Å². The van der Waals surface area contributed by atoms with E-state index in [1.54, 1.807) is 6.20 Å². The molecule has 1 saturated carbocycles. The standard InChI is InChI=1S/C19H25N3O2/c1-21(17-10-6-3-7-11-17)19(23)15-24-18-12-20-22(14-18)13-16-8-4-2-5-9-16/h2,4-5,8-9,12,14,17H,3,6-7,10-11,13,15H2,1H3. The molecule has 24 heavy (non-hydrogen) atoms. The summed E-state index contributed by atoms with van der Waals surface area (Å²) >= 11 is 0. The lowest BCUT2D eigenvalue weighted by atomic mass is 9.94. The zero-order chi connectivity index (χ0) is 16.8. The van der Waals surface area contributed by atoms with Gasteiger partial charge in [-0.2, -0.15) is 5.10 Å².